The highest BCUT2D eigenvalue weighted by molar-refractivity contribution is 7.92. The third-order valence-electron chi connectivity index (χ3n) is 5.31. The number of ether oxygens (including phenoxy) is 3. The molecule has 0 heterocycles. The molecule has 0 aliphatic heterocycles. The molecule has 0 aliphatic carbocycles. The van der Waals surface area contributed by atoms with Crippen molar-refractivity contribution >= 4 is 27.8 Å². The fourth-order valence-corrected chi connectivity index (χ4v) is 4.77. The van der Waals surface area contributed by atoms with E-state index in [1.807, 2.05) is 26.0 Å². The van der Waals surface area contributed by atoms with Crippen LogP contribution in [0.25, 0.3) is 0 Å². The largest absolute Gasteiger partial charge is 0.497 e. The van der Waals surface area contributed by atoms with Crippen molar-refractivity contribution in [3.05, 3.63) is 77.9 Å². The molecule has 1 amide bonds. The van der Waals surface area contributed by atoms with Crippen molar-refractivity contribution in [3.63, 3.8) is 0 Å². The minimum Gasteiger partial charge on any atom is -0.497 e. The molecule has 0 aliphatic rings. The summed E-state index contributed by atoms with van der Waals surface area (Å²) in [6, 6.07) is 18.3. The molecule has 3 aromatic rings. The summed E-state index contributed by atoms with van der Waals surface area (Å²) >= 11 is 0. The summed E-state index contributed by atoms with van der Waals surface area (Å²) in [6.07, 6.45) is 2.37. The Morgan fingerprint density at radius 2 is 1.65 bits per heavy atom. The fourth-order valence-electron chi connectivity index (χ4n) is 3.34. The number of aryl methyl sites for hydroxylation is 1. The van der Waals surface area contributed by atoms with E-state index in [2.05, 4.69) is 10.5 Å². The van der Waals surface area contributed by atoms with Crippen molar-refractivity contribution < 1.29 is 27.4 Å². The van der Waals surface area contributed by atoms with Gasteiger partial charge >= 0.3 is 0 Å². The Bertz CT molecular complexity index is 1320. The molecule has 0 bridgehead atoms. The van der Waals surface area contributed by atoms with Crippen LogP contribution in [0.4, 0.5) is 5.69 Å². The smallest absolute Gasteiger partial charge is 0.264 e. The van der Waals surface area contributed by atoms with Crippen molar-refractivity contribution in [2.45, 2.75) is 25.2 Å². The number of hydrazone groups is 1. The summed E-state index contributed by atoms with van der Waals surface area (Å²) in [6.45, 7) is 3.97. The van der Waals surface area contributed by atoms with E-state index in [0.29, 0.717) is 12.4 Å². The van der Waals surface area contributed by atoms with Gasteiger partial charge in [0.2, 0.25) is 0 Å². The number of nitrogens with one attached hydrogen (secondary N) is 1. The summed E-state index contributed by atoms with van der Waals surface area (Å²) < 4.78 is 44.5. The lowest BCUT2D eigenvalue weighted by atomic mass is 10.2. The summed E-state index contributed by atoms with van der Waals surface area (Å²) in [4.78, 5) is 12.9. The van der Waals surface area contributed by atoms with Crippen molar-refractivity contribution in [1.82, 2.24) is 5.43 Å². The van der Waals surface area contributed by atoms with E-state index in [1.165, 1.54) is 38.6 Å². The highest BCUT2D eigenvalue weighted by atomic mass is 32.2. The van der Waals surface area contributed by atoms with Crippen LogP contribution in [0, 0.1) is 6.92 Å². The number of carbonyl (C=O) groups excluding carboxylic acids is 1. The van der Waals surface area contributed by atoms with Gasteiger partial charge in [-0.25, -0.2) is 13.8 Å². The molecule has 0 unspecified atom stereocenters. The molecule has 0 atom stereocenters. The molecule has 0 fully saturated rings. The number of hydrogen-bond acceptors (Lipinski definition) is 7. The summed E-state index contributed by atoms with van der Waals surface area (Å²) in [7, 11) is -1.25. The van der Waals surface area contributed by atoms with Crippen molar-refractivity contribution in [3.8, 4) is 17.2 Å². The average Bonchev–Trinajstić information content (AvgIpc) is 2.91. The minimum absolute atomic E-state index is 0.0321. The quantitative estimate of drug-likeness (QED) is 0.281. The Labute approximate surface area is 217 Å². The van der Waals surface area contributed by atoms with Crippen molar-refractivity contribution in [2.75, 3.05) is 31.7 Å². The Balaban J connectivity index is 1.85. The van der Waals surface area contributed by atoms with Gasteiger partial charge in [0.1, 0.15) is 23.8 Å². The predicted molar refractivity (Wildman–Crippen MR) is 143 cm³/mol. The summed E-state index contributed by atoms with van der Waals surface area (Å²) in [5.41, 5.74) is 4.20. The van der Waals surface area contributed by atoms with Crippen molar-refractivity contribution in [1.29, 1.82) is 0 Å². The van der Waals surface area contributed by atoms with E-state index in [-0.39, 0.29) is 16.3 Å². The lowest BCUT2D eigenvalue weighted by Crippen LogP contribution is -2.39. The standard InChI is InChI=1S/C27H31N3O6S/c1-5-16-36-22-10-8-21(9-11-22)18-28-29-27(31)19-30(25-17-23(34-3)12-15-26(25)35-4)37(32,33)24-13-6-20(2)7-14-24/h6-15,17-18H,5,16,19H2,1-4H3,(H,29,31)/b28-18-. The maximum absolute atomic E-state index is 13.6. The lowest BCUT2D eigenvalue weighted by molar-refractivity contribution is -0.119. The second kappa shape index (κ2) is 12.8. The van der Waals surface area contributed by atoms with Crippen LogP contribution in [-0.4, -0.2) is 47.9 Å². The Hall–Kier alpha value is -4.05. The molecule has 0 saturated heterocycles. The summed E-state index contributed by atoms with van der Waals surface area (Å²) in [5.74, 6) is 0.773. The van der Waals surface area contributed by atoms with Gasteiger partial charge in [-0.1, -0.05) is 24.6 Å². The number of benzene rings is 3. The number of carbonyl (C=O) groups is 1. The van der Waals surface area contributed by atoms with E-state index in [4.69, 9.17) is 14.2 Å². The van der Waals surface area contributed by atoms with Crippen LogP contribution in [0.15, 0.2) is 76.7 Å². The number of hydrogen-bond donors (Lipinski definition) is 1. The Kier molecular flexibility index (Phi) is 9.51. The third-order valence-corrected chi connectivity index (χ3v) is 7.08. The first kappa shape index (κ1) is 27.5. The summed E-state index contributed by atoms with van der Waals surface area (Å²) in [5, 5.41) is 3.98. The molecule has 0 aromatic heterocycles. The minimum atomic E-state index is -4.14. The molecular formula is C27H31N3O6S. The lowest BCUT2D eigenvalue weighted by Gasteiger charge is -2.25. The molecule has 3 aromatic carbocycles. The number of anilines is 1. The van der Waals surface area contributed by atoms with Gasteiger partial charge in [0.05, 0.1) is 37.6 Å². The van der Waals surface area contributed by atoms with Gasteiger partial charge in [-0.2, -0.15) is 5.10 Å². The van der Waals surface area contributed by atoms with E-state index < -0.39 is 22.5 Å². The molecule has 3 rings (SSSR count). The van der Waals surface area contributed by atoms with Crippen LogP contribution in [0.1, 0.15) is 24.5 Å². The Morgan fingerprint density at radius 1 is 0.973 bits per heavy atom. The van der Waals surface area contributed by atoms with Crippen LogP contribution in [0.2, 0.25) is 0 Å². The average molecular weight is 526 g/mol. The van der Waals surface area contributed by atoms with Crippen LogP contribution < -0.4 is 23.9 Å². The van der Waals surface area contributed by atoms with Gasteiger partial charge in [0.15, 0.2) is 0 Å². The van der Waals surface area contributed by atoms with E-state index in [0.717, 1.165) is 27.6 Å². The molecule has 37 heavy (non-hydrogen) atoms. The molecular weight excluding hydrogens is 494 g/mol. The number of amides is 1. The van der Waals surface area contributed by atoms with Gasteiger partial charge < -0.3 is 14.2 Å². The molecule has 1 N–H and O–H groups in total. The first-order valence-electron chi connectivity index (χ1n) is 11.6. The van der Waals surface area contributed by atoms with Gasteiger partial charge in [-0.15, -0.1) is 0 Å². The zero-order valence-electron chi connectivity index (χ0n) is 21.3. The zero-order chi connectivity index (χ0) is 26.8. The second-order valence-electron chi connectivity index (χ2n) is 8.07. The SMILES string of the molecule is CCCOc1ccc(/C=N\NC(=O)CN(c2cc(OC)ccc2OC)S(=O)(=O)c2ccc(C)cc2)cc1. The Morgan fingerprint density at radius 3 is 2.27 bits per heavy atom. The first-order chi connectivity index (χ1) is 17.8. The number of rotatable bonds is 12. The van der Waals surface area contributed by atoms with E-state index in [1.54, 1.807) is 36.4 Å². The molecule has 9 nitrogen and oxygen atoms in total. The predicted octanol–water partition coefficient (Wildman–Crippen LogP) is 4.15. The fraction of sp³-hybridized carbons (Fsp3) is 0.259. The molecule has 196 valence electrons. The second-order valence-corrected chi connectivity index (χ2v) is 9.94. The van der Waals surface area contributed by atoms with Gasteiger partial charge in [-0.05, 0) is 67.4 Å². The van der Waals surface area contributed by atoms with Crippen LogP contribution in [0.3, 0.4) is 0 Å². The van der Waals surface area contributed by atoms with E-state index >= 15 is 0 Å². The maximum Gasteiger partial charge on any atom is 0.264 e. The normalized spacial score (nSPS) is 11.2. The number of nitrogens with zero attached hydrogens (tertiary/aromatic N) is 2. The number of methoxy groups -OCH3 is 2. The van der Waals surface area contributed by atoms with Gasteiger partial charge in [0.25, 0.3) is 15.9 Å². The van der Waals surface area contributed by atoms with Crippen LogP contribution >= 0.6 is 0 Å². The topological polar surface area (TPSA) is 107 Å². The zero-order valence-corrected chi connectivity index (χ0v) is 22.1. The van der Waals surface area contributed by atoms with Gasteiger partial charge in [-0.3, -0.25) is 9.10 Å². The first-order valence-corrected chi connectivity index (χ1v) is 13.1. The van der Waals surface area contributed by atoms with Gasteiger partial charge in [0, 0.05) is 6.07 Å². The highest BCUT2D eigenvalue weighted by Gasteiger charge is 2.30. The number of sulfonamides is 1. The van der Waals surface area contributed by atoms with Crippen molar-refractivity contribution in [2.24, 2.45) is 5.10 Å². The van der Waals surface area contributed by atoms with Crippen LogP contribution in [-0.2, 0) is 14.8 Å². The maximum atomic E-state index is 13.6. The van der Waals surface area contributed by atoms with E-state index in [9.17, 15) is 13.2 Å². The molecule has 0 saturated carbocycles. The molecule has 10 heteroatoms. The third kappa shape index (κ3) is 7.23. The molecule has 0 radical (unpaired) electrons. The highest BCUT2D eigenvalue weighted by Crippen LogP contribution is 2.35. The molecule has 0 spiro atoms. The van der Waals surface area contributed by atoms with Crippen LogP contribution in [0.5, 0.6) is 17.2 Å². The monoisotopic (exact) mass is 525 g/mol.